The SMILES string of the molecule is CC(C)C1(Br)CN(c2ccc(Br)cc2)C1=O. The highest BCUT2D eigenvalue weighted by Crippen LogP contribution is 2.41. The molecule has 2 nitrogen and oxygen atoms in total. The Balaban J connectivity index is 2.17. The molecule has 0 aromatic heterocycles. The molecule has 1 aromatic carbocycles. The van der Waals surface area contributed by atoms with E-state index in [1.165, 1.54) is 0 Å². The zero-order chi connectivity index (χ0) is 11.9. The van der Waals surface area contributed by atoms with Crippen LogP contribution in [-0.2, 0) is 4.79 Å². The summed E-state index contributed by atoms with van der Waals surface area (Å²) in [5, 5.41) is 0. The van der Waals surface area contributed by atoms with Crippen LogP contribution in [-0.4, -0.2) is 16.8 Å². The standard InChI is InChI=1S/C12H13Br2NO/c1-8(2)12(14)7-15(11(12)16)10-5-3-9(13)4-6-10/h3-6,8H,7H2,1-2H3. The summed E-state index contributed by atoms with van der Waals surface area (Å²) >= 11 is 6.93. The molecule has 0 bridgehead atoms. The summed E-state index contributed by atoms with van der Waals surface area (Å²) in [6.45, 7) is 4.86. The van der Waals surface area contributed by atoms with Gasteiger partial charge >= 0.3 is 0 Å². The van der Waals surface area contributed by atoms with Crippen molar-refractivity contribution < 1.29 is 4.79 Å². The van der Waals surface area contributed by atoms with E-state index in [0.29, 0.717) is 5.92 Å². The van der Waals surface area contributed by atoms with E-state index in [0.717, 1.165) is 16.7 Å². The molecule has 0 spiro atoms. The Morgan fingerprint density at radius 2 is 1.88 bits per heavy atom. The number of amides is 1. The monoisotopic (exact) mass is 345 g/mol. The van der Waals surface area contributed by atoms with Gasteiger partial charge in [-0.3, -0.25) is 4.79 Å². The quantitative estimate of drug-likeness (QED) is 0.592. The van der Waals surface area contributed by atoms with Crippen LogP contribution in [0.2, 0.25) is 0 Å². The van der Waals surface area contributed by atoms with E-state index in [4.69, 9.17) is 0 Å². The van der Waals surface area contributed by atoms with Gasteiger partial charge in [0.05, 0.1) is 6.54 Å². The van der Waals surface area contributed by atoms with Crippen molar-refractivity contribution in [2.75, 3.05) is 11.4 Å². The van der Waals surface area contributed by atoms with Crippen molar-refractivity contribution >= 4 is 43.5 Å². The van der Waals surface area contributed by atoms with Crippen LogP contribution in [0.4, 0.5) is 5.69 Å². The topological polar surface area (TPSA) is 20.3 Å². The number of hydrogen-bond acceptors (Lipinski definition) is 1. The lowest BCUT2D eigenvalue weighted by Gasteiger charge is -2.47. The fourth-order valence-electron chi connectivity index (χ4n) is 1.76. The van der Waals surface area contributed by atoms with Gasteiger partial charge in [-0.15, -0.1) is 0 Å². The Labute approximate surface area is 112 Å². The molecule has 1 heterocycles. The normalized spacial score (nSPS) is 24.8. The Bertz CT molecular complexity index is 416. The number of benzene rings is 1. The van der Waals surface area contributed by atoms with Crippen LogP contribution in [0.5, 0.6) is 0 Å². The molecule has 1 amide bonds. The average Bonchev–Trinajstić information content (AvgIpc) is 2.26. The molecule has 2 rings (SSSR count). The van der Waals surface area contributed by atoms with E-state index in [1.54, 1.807) is 4.90 Å². The average molecular weight is 347 g/mol. The first-order valence-electron chi connectivity index (χ1n) is 5.21. The molecule has 0 radical (unpaired) electrons. The number of hydrogen-bond donors (Lipinski definition) is 0. The van der Waals surface area contributed by atoms with E-state index < -0.39 is 0 Å². The maximum Gasteiger partial charge on any atom is 0.246 e. The molecule has 4 heteroatoms. The molecular formula is C12H13Br2NO. The van der Waals surface area contributed by atoms with Gasteiger partial charge in [0, 0.05) is 10.2 Å². The Morgan fingerprint density at radius 3 is 2.31 bits per heavy atom. The zero-order valence-corrected chi connectivity index (χ0v) is 12.4. The first-order valence-corrected chi connectivity index (χ1v) is 6.80. The molecule has 0 aliphatic carbocycles. The molecule has 1 aliphatic heterocycles. The van der Waals surface area contributed by atoms with Crippen LogP contribution < -0.4 is 4.90 Å². The molecule has 1 atom stereocenters. The van der Waals surface area contributed by atoms with Crippen molar-refractivity contribution in [2.45, 2.75) is 18.2 Å². The molecule has 1 saturated heterocycles. The molecule has 0 saturated carbocycles. The van der Waals surface area contributed by atoms with Crippen molar-refractivity contribution in [3.8, 4) is 0 Å². The molecule has 1 aliphatic rings. The minimum absolute atomic E-state index is 0.157. The van der Waals surface area contributed by atoms with Gasteiger partial charge in [0.15, 0.2) is 0 Å². The maximum atomic E-state index is 12.1. The molecule has 86 valence electrons. The van der Waals surface area contributed by atoms with Crippen LogP contribution in [0, 0.1) is 5.92 Å². The van der Waals surface area contributed by atoms with Gasteiger partial charge in [-0.2, -0.15) is 0 Å². The van der Waals surface area contributed by atoms with Crippen molar-refractivity contribution in [1.82, 2.24) is 0 Å². The smallest absolute Gasteiger partial charge is 0.246 e. The predicted molar refractivity (Wildman–Crippen MR) is 73.0 cm³/mol. The Kier molecular flexibility index (Phi) is 3.14. The molecule has 1 unspecified atom stereocenters. The fourth-order valence-corrected chi connectivity index (χ4v) is 2.49. The van der Waals surface area contributed by atoms with E-state index in [2.05, 4.69) is 45.7 Å². The number of carbonyl (C=O) groups excluding carboxylic acids is 1. The largest absolute Gasteiger partial charge is 0.309 e. The van der Waals surface area contributed by atoms with E-state index >= 15 is 0 Å². The highest BCUT2D eigenvalue weighted by Gasteiger charge is 2.52. The first kappa shape index (κ1) is 12.1. The summed E-state index contributed by atoms with van der Waals surface area (Å²) in [6, 6.07) is 7.81. The predicted octanol–water partition coefficient (Wildman–Crippen LogP) is 3.59. The number of anilines is 1. The number of rotatable bonds is 2. The van der Waals surface area contributed by atoms with E-state index in [1.807, 2.05) is 24.3 Å². The summed E-state index contributed by atoms with van der Waals surface area (Å²) in [6.07, 6.45) is 0. The van der Waals surface area contributed by atoms with Gasteiger partial charge in [-0.05, 0) is 30.2 Å². The lowest BCUT2D eigenvalue weighted by Crippen LogP contribution is -2.65. The van der Waals surface area contributed by atoms with Gasteiger partial charge in [0.25, 0.3) is 0 Å². The third kappa shape index (κ3) is 1.82. The Morgan fingerprint density at radius 1 is 1.31 bits per heavy atom. The van der Waals surface area contributed by atoms with Gasteiger partial charge in [0.1, 0.15) is 4.32 Å². The lowest BCUT2D eigenvalue weighted by atomic mass is 9.86. The lowest BCUT2D eigenvalue weighted by molar-refractivity contribution is -0.126. The van der Waals surface area contributed by atoms with Crippen LogP contribution in [0.3, 0.4) is 0 Å². The van der Waals surface area contributed by atoms with Crippen molar-refractivity contribution in [1.29, 1.82) is 0 Å². The number of alkyl halides is 1. The molecule has 1 fully saturated rings. The third-order valence-corrected chi connectivity index (χ3v) is 5.08. The zero-order valence-electron chi connectivity index (χ0n) is 9.21. The minimum atomic E-state index is -0.361. The minimum Gasteiger partial charge on any atom is -0.309 e. The number of nitrogens with zero attached hydrogens (tertiary/aromatic N) is 1. The van der Waals surface area contributed by atoms with E-state index in [-0.39, 0.29) is 10.2 Å². The van der Waals surface area contributed by atoms with Crippen molar-refractivity contribution in [3.05, 3.63) is 28.7 Å². The van der Waals surface area contributed by atoms with Crippen LogP contribution >= 0.6 is 31.9 Å². The van der Waals surface area contributed by atoms with E-state index in [9.17, 15) is 4.79 Å². The second kappa shape index (κ2) is 4.15. The first-order chi connectivity index (χ1) is 7.45. The summed E-state index contributed by atoms with van der Waals surface area (Å²) in [4.78, 5) is 13.9. The van der Waals surface area contributed by atoms with Gasteiger partial charge in [0.2, 0.25) is 5.91 Å². The molecule has 16 heavy (non-hydrogen) atoms. The van der Waals surface area contributed by atoms with Crippen molar-refractivity contribution in [3.63, 3.8) is 0 Å². The van der Waals surface area contributed by atoms with Gasteiger partial charge < -0.3 is 4.90 Å². The summed E-state index contributed by atoms with van der Waals surface area (Å²) in [7, 11) is 0. The fraction of sp³-hybridized carbons (Fsp3) is 0.417. The second-order valence-electron chi connectivity index (χ2n) is 4.38. The molecule has 0 N–H and O–H groups in total. The van der Waals surface area contributed by atoms with Crippen LogP contribution in [0.1, 0.15) is 13.8 Å². The maximum absolute atomic E-state index is 12.1. The third-order valence-electron chi connectivity index (χ3n) is 3.04. The van der Waals surface area contributed by atoms with Gasteiger partial charge in [-0.1, -0.05) is 45.7 Å². The summed E-state index contributed by atoms with van der Waals surface area (Å²) < 4.78 is 0.665. The molecule has 1 aromatic rings. The van der Waals surface area contributed by atoms with Crippen LogP contribution in [0.25, 0.3) is 0 Å². The molecular weight excluding hydrogens is 334 g/mol. The summed E-state index contributed by atoms with van der Waals surface area (Å²) in [5.74, 6) is 0.469. The van der Waals surface area contributed by atoms with Gasteiger partial charge in [-0.25, -0.2) is 0 Å². The highest BCUT2D eigenvalue weighted by molar-refractivity contribution is 9.10. The summed E-state index contributed by atoms with van der Waals surface area (Å²) in [5.41, 5.74) is 0.962. The number of halogens is 2. The number of carbonyl (C=O) groups is 1. The van der Waals surface area contributed by atoms with Crippen LogP contribution in [0.15, 0.2) is 28.7 Å². The highest BCUT2D eigenvalue weighted by atomic mass is 79.9. The van der Waals surface area contributed by atoms with Crippen molar-refractivity contribution in [2.24, 2.45) is 5.92 Å². The Hall–Kier alpha value is -0.350. The second-order valence-corrected chi connectivity index (χ2v) is 6.72. The number of β-lactam (4-membered cyclic amide) rings is 1.